The Balaban J connectivity index is 1.86. The van der Waals surface area contributed by atoms with Gasteiger partial charge in [-0.1, -0.05) is 24.3 Å². The van der Waals surface area contributed by atoms with Crippen LogP contribution in [-0.2, 0) is 14.3 Å². The van der Waals surface area contributed by atoms with Gasteiger partial charge in [-0.25, -0.2) is 9.18 Å². The molecule has 0 spiro atoms. The molecule has 0 fully saturated rings. The third-order valence-electron chi connectivity index (χ3n) is 3.20. The van der Waals surface area contributed by atoms with Crippen LogP contribution in [0.3, 0.4) is 0 Å². The van der Waals surface area contributed by atoms with E-state index >= 15 is 0 Å². The molecule has 0 radical (unpaired) electrons. The Hall–Kier alpha value is -3.22. The second kappa shape index (κ2) is 8.58. The number of carbonyl (C=O) groups excluding carboxylic acids is 3. The molecule has 2 rings (SSSR count). The maximum Gasteiger partial charge on any atom is 0.344 e. The first-order chi connectivity index (χ1) is 12.0. The highest BCUT2D eigenvalue weighted by Gasteiger charge is 2.19. The van der Waals surface area contributed by atoms with Gasteiger partial charge in [-0.15, -0.1) is 0 Å². The molecular formula is C18H16FNO5. The number of hydrogen-bond acceptors (Lipinski definition) is 5. The summed E-state index contributed by atoms with van der Waals surface area (Å²) in [6.07, 6.45) is -0.539. The summed E-state index contributed by atoms with van der Waals surface area (Å²) in [6, 6.07) is 12.0. The zero-order valence-corrected chi connectivity index (χ0v) is 13.4. The third kappa shape index (κ3) is 5.13. The van der Waals surface area contributed by atoms with Gasteiger partial charge in [0.15, 0.2) is 19.0 Å². The molecule has 2 aromatic rings. The van der Waals surface area contributed by atoms with E-state index in [1.165, 1.54) is 37.3 Å². The number of esters is 1. The fourth-order valence-corrected chi connectivity index (χ4v) is 1.93. The lowest BCUT2D eigenvalue weighted by molar-refractivity contribution is -0.155. The third-order valence-corrected chi connectivity index (χ3v) is 3.20. The zero-order valence-electron chi connectivity index (χ0n) is 13.4. The minimum absolute atomic E-state index is 0.00782. The Labute approximate surface area is 143 Å². The Morgan fingerprint density at radius 3 is 2.56 bits per heavy atom. The highest BCUT2D eigenvalue weighted by atomic mass is 19.1. The molecule has 0 bridgehead atoms. The van der Waals surface area contributed by atoms with Crippen molar-refractivity contribution in [2.24, 2.45) is 0 Å². The number of halogens is 1. The van der Waals surface area contributed by atoms with E-state index in [0.717, 1.165) is 0 Å². The molecule has 6 nitrogen and oxygen atoms in total. The quantitative estimate of drug-likeness (QED) is 0.616. The topological polar surface area (TPSA) is 81.7 Å². The highest BCUT2D eigenvalue weighted by molar-refractivity contribution is 5.95. The normalized spacial score (nSPS) is 11.3. The van der Waals surface area contributed by atoms with Crippen molar-refractivity contribution in [3.63, 3.8) is 0 Å². The van der Waals surface area contributed by atoms with Gasteiger partial charge in [0.05, 0.1) is 11.3 Å². The Kier molecular flexibility index (Phi) is 6.22. The van der Waals surface area contributed by atoms with Crippen molar-refractivity contribution in [2.75, 3.05) is 11.9 Å². The summed E-state index contributed by atoms with van der Waals surface area (Å²) in [5.74, 6) is -1.83. The molecule has 0 saturated heterocycles. The predicted octanol–water partition coefficient (Wildman–Crippen LogP) is 2.59. The number of hydrogen-bond donors (Lipinski definition) is 1. The highest BCUT2D eigenvalue weighted by Crippen LogP contribution is 2.16. The number of carbonyl (C=O) groups is 3. The van der Waals surface area contributed by atoms with Crippen LogP contribution >= 0.6 is 0 Å². The summed E-state index contributed by atoms with van der Waals surface area (Å²) in [5, 5.41) is 2.33. The van der Waals surface area contributed by atoms with Crippen LogP contribution in [-0.4, -0.2) is 30.9 Å². The smallest absolute Gasteiger partial charge is 0.344 e. The Morgan fingerprint density at radius 2 is 1.84 bits per heavy atom. The van der Waals surface area contributed by atoms with E-state index in [4.69, 9.17) is 9.47 Å². The van der Waals surface area contributed by atoms with Crippen LogP contribution in [0.1, 0.15) is 17.3 Å². The number of nitrogens with one attached hydrogen (secondary N) is 1. The lowest BCUT2D eigenvalue weighted by atomic mass is 10.2. The summed E-state index contributed by atoms with van der Waals surface area (Å²) in [7, 11) is 0. The lowest BCUT2D eigenvalue weighted by Crippen LogP contribution is -2.32. The number of ether oxygens (including phenoxy) is 2. The molecule has 1 N–H and O–H groups in total. The summed E-state index contributed by atoms with van der Waals surface area (Å²) < 4.78 is 23.6. The van der Waals surface area contributed by atoms with Crippen molar-refractivity contribution in [3.05, 3.63) is 59.9 Å². The van der Waals surface area contributed by atoms with E-state index in [0.29, 0.717) is 11.8 Å². The van der Waals surface area contributed by atoms with Crippen LogP contribution in [0.2, 0.25) is 0 Å². The average molecular weight is 345 g/mol. The molecule has 0 unspecified atom stereocenters. The Morgan fingerprint density at radius 1 is 1.16 bits per heavy atom. The predicted molar refractivity (Wildman–Crippen MR) is 87.9 cm³/mol. The van der Waals surface area contributed by atoms with Crippen LogP contribution in [0.5, 0.6) is 5.75 Å². The molecule has 0 aliphatic rings. The Bertz CT molecular complexity index is 778. The van der Waals surface area contributed by atoms with E-state index in [1.807, 2.05) is 0 Å². The van der Waals surface area contributed by atoms with Crippen LogP contribution in [0, 0.1) is 5.82 Å². The first kappa shape index (κ1) is 18.1. The SMILES string of the molecule is C[C@H](OC(=O)COc1ccccc1C=O)C(=O)Nc1ccccc1F. The minimum atomic E-state index is -1.14. The minimum Gasteiger partial charge on any atom is -0.481 e. The van der Waals surface area contributed by atoms with Crippen molar-refractivity contribution in [1.82, 2.24) is 0 Å². The van der Waals surface area contributed by atoms with Gasteiger partial charge in [-0.3, -0.25) is 9.59 Å². The molecule has 0 aromatic heterocycles. The number of benzene rings is 2. The molecule has 0 saturated carbocycles. The number of aldehydes is 1. The van der Waals surface area contributed by atoms with Gasteiger partial charge in [-0.05, 0) is 31.2 Å². The summed E-state index contributed by atoms with van der Waals surface area (Å²) in [6.45, 7) is 0.885. The number of amides is 1. The van der Waals surface area contributed by atoms with Gasteiger partial charge in [0.1, 0.15) is 11.6 Å². The molecule has 7 heteroatoms. The maximum absolute atomic E-state index is 13.5. The molecular weight excluding hydrogens is 329 g/mol. The first-order valence-electron chi connectivity index (χ1n) is 7.43. The van der Waals surface area contributed by atoms with E-state index in [1.54, 1.807) is 18.2 Å². The van der Waals surface area contributed by atoms with Crippen molar-refractivity contribution in [1.29, 1.82) is 0 Å². The monoisotopic (exact) mass is 345 g/mol. The molecule has 130 valence electrons. The molecule has 0 heterocycles. The average Bonchev–Trinajstić information content (AvgIpc) is 2.62. The first-order valence-corrected chi connectivity index (χ1v) is 7.43. The van der Waals surface area contributed by atoms with Crippen LogP contribution in [0.15, 0.2) is 48.5 Å². The zero-order chi connectivity index (χ0) is 18.2. The van der Waals surface area contributed by atoms with Gasteiger partial charge in [0, 0.05) is 0 Å². The van der Waals surface area contributed by atoms with Crippen LogP contribution < -0.4 is 10.1 Å². The molecule has 1 atom stereocenters. The van der Waals surface area contributed by atoms with Crippen molar-refractivity contribution in [2.45, 2.75) is 13.0 Å². The van der Waals surface area contributed by atoms with Crippen LogP contribution in [0.25, 0.3) is 0 Å². The summed E-state index contributed by atoms with van der Waals surface area (Å²) >= 11 is 0. The molecule has 2 aromatic carbocycles. The lowest BCUT2D eigenvalue weighted by Gasteiger charge is -2.14. The van der Waals surface area contributed by atoms with Gasteiger partial charge < -0.3 is 14.8 Å². The van der Waals surface area contributed by atoms with Crippen LogP contribution in [0.4, 0.5) is 10.1 Å². The van der Waals surface area contributed by atoms with Gasteiger partial charge in [-0.2, -0.15) is 0 Å². The van der Waals surface area contributed by atoms with E-state index in [-0.39, 0.29) is 11.4 Å². The second-order valence-electron chi connectivity index (χ2n) is 5.05. The molecule has 1 amide bonds. The van der Waals surface area contributed by atoms with E-state index in [9.17, 15) is 18.8 Å². The summed E-state index contributed by atoms with van der Waals surface area (Å²) in [4.78, 5) is 34.6. The van der Waals surface area contributed by atoms with Gasteiger partial charge in [0.25, 0.3) is 5.91 Å². The van der Waals surface area contributed by atoms with Gasteiger partial charge in [0.2, 0.25) is 0 Å². The number of rotatable bonds is 7. The number of para-hydroxylation sites is 2. The molecule has 0 aliphatic carbocycles. The maximum atomic E-state index is 13.5. The number of anilines is 1. The summed E-state index contributed by atoms with van der Waals surface area (Å²) in [5.41, 5.74) is 0.284. The standard InChI is InChI=1S/C18H16FNO5/c1-12(18(23)20-15-8-4-3-7-14(15)19)25-17(22)11-24-16-9-5-2-6-13(16)10-21/h2-10,12H,11H2,1H3,(H,20,23)/t12-/m0/s1. The van der Waals surface area contributed by atoms with Crippen molar-refractivity contribution in [3.8, 4) is 5.75 Å². The molecule has 0 aliphatic heterocycles. The van der Waals surface area contributed by atoms with Gasteiger partial charge >= 0.3 is 5.97 Å². The van der Waals surface area contributed by atoms with Crippen molar-refractivity contribution < 1.29 is 28.2 Å². The van der Waals surface area contributed by atoms with E-state index in [2.05, 4.69) is 5.32 Å². The fourth-order valence-electron chi connectivity index (χ4n) is 1.93. The fraction of sp³-hybridized carbons (Fsp3) is 0.167. The molecule has 25 heavy (non-hydrogen) atoms. The van der Waals surface area contributed by atoms with Crippen molar-refractivity contribution >= 4 is 23.9 Å². The largest absolute Gasteiger partial charge is 0.481 e. The van der Waals surface area contributed by atoms with E-state index < -0.39 is 30.4 Å². The second-order valence-corrected chi connectivity index (χ2v) is 5.05.